The van der Waals surface area contributed by atoms with Crippen molar-refractivity contribution in [3.05, 3.63) is 69.9 Å². The molecule has 4 heterocycles. The molecule has 1 atom stereocenters. The van der Waals surface area contributed by atoms with Gasteiger partial charge < -0.3 is 9.30 Å². The maximum absolute atomic E-state index is 13.6. The highest BCUT2D eigenvalue weighted by Gasteiger charge is 2.43. The molecular weight excluding hydrogens is 449 g/mol. The molecule has 6 rings (SSSR count). The largest absolute Gasteiger partial charge is 0.491 e. The highest BCUT2D eigenvalue weighted by atomic mass is 35.5. The summed E-state index contributed by atoms with van der Waals surface area (Å²) in [6, 6.07) is 14.3. The summed E-state index contributed by atoms with van der Waals surface area (Å²) < 4.78 is 7.41. The third-order valence-electron chi connectivity index (χ3n) is 6.63. The number of aliphatic imine (C=N–C) groups is 1. The van der Waals surface area contributed by atoms with Gasteiger partial charge in [-0.25, -0.2) is 9.98 Å². The van der Waals surface area contributed by atoms with Gasteiger partial charge in [0.1, 0.15) is 5.75 Å². The Balaban J connectivity index is 1.35. The second-order valence-electron chi connectivity index (χ2n) is 8.83. The van der Waals surface area contributed by atoms with E-state index in [2.05, 4.69) is 23.2 Å². The molecule has 0 unspecified atom stereocenters. The molecule has 0 bridgehead atoms. The first-order valence-electron chi connectivity index (χ1n) is 11.5. The molecule has 0 saturated heterocycles. The smallest absolute Gasteiger partial charge is 0.281 e. The SMILES string of the molecule is [B]c1nc2c(n1Cc1cc(Cl)c3c(c1)CCO3)C(=O)N(CC)C1=N[C@H](Cc3ccccc3)CN12. The van der Waals surface area contributed by atoms with Gasteiger partial charge in [0.15, 0.2) is 19.4 Å². The van der Waals surface area contributed by atoms with Crippen molar-refractivity contribution in [2.75, 3.05) is 24.6 Å². The maximum Gasteiger partial charge on any atom is 0.281 e. The lowest BCUT2D eigenvalue weighted by Gasteiger charge is -2.33. The van der Waals surface area contributed by atoms with Gasteiger partial charge in [-0.15, -0.1) is 0 Å². The molecule has 7 nitrogen and oxygen atoms in total. The minimum Gasteiger partial charge on any atom is -0.491 e. The van der Waals surface area contributed by atoms with Crippen LogP contribution in [0.5, 0.6) is 5.75 Å². The van der Waals surface area contributed by atoms with E-state index < -0.39 is 0 Å². The first kappa shape index (κ1) is 21.3. The zero-order valence-electron chi connectivity index (χ0n) is 18.9. The number of anilines is 1. The number of halogens is 1. The molecule has 2 aromatic carbocycles. The van der Waals surface area contributed by atoms with Crippen LogP contribution in [0, 0.1) is 0 Å². The zero-order valence-corrected chi connectivity index (χ0v) is 19.6. The molecule has 0 N–H and O–H groups in total. The van der Waals surface area contributed by atoms with Gasteiger partial charge in [0.25, 0.3) is 5.91 Å². The second kappa shape index (κ2) is 8.20. The van der Waals surface area contributed by atoms with E-state index in [0.717, 1.165) is 29.7 Å². The Morgan fingerprint density at radius 1 is 1.21 bits per heavy atom. The fraction of sp³-hybridized carbons (Fsp3) is 0.320. The van der Waals surface area contributed by atoms with Crippen molar-refractivity contribution in [2.45, 2.75) is 32.4 Å². The predicted molar refractivity (Wildman–Crippen MR) is 133 cm³/mol. The van der Waals surface area contributed by atoms with Gasteiger partial charge in [-0.3, -0.25) is 14.6 Å². The first-order valence-corrected chi connectivity index (χ1v) is 11.9. The van der Waals surface area contributed by atoms with Crippen LogP contribution in [0.4, 0.5) is 5.82 Å². The van der Waals surface area contributed by atoms with Crippen LogP contribution in [0.1, 0.15) is 34.1 Å². The van der Waals surface area contributed by atoms with Crippen LogP contribution in [-0.2, 0) is 19.4 Å². The Kier molecular flexibility index (Phi) is 5.13. The van der Waals surface area contributed by atoms with E-state index in [1.54, 1.807) is 9.47 Å². The van der Waals surface area contributed by atoms with Crippen LogP contribution in [-0.4, -0.2) is 59.9 Å². The van der Waals surface area contributed by atoms with E-state index >= 15 is 0 Å². The maximum atomic E-state index is 13.6. The van der Waals surface area contributed by atoms with Gasteiger partial charge in [-0.1, -0.05) is 48.0 Å². The van der Waals surface area contributed by atoms with Crippen molar-refractivity contribution >= 4 is 42.9 Å². The van der Waals surface area contributed by atoms with Crippen molar-refractivity contribution in [2.24, 2.45) is 4.99 Å². The summed E-state index contributed by atoms with van der Waals surface area (Å²) in [7, 11) is 6.37. The third-order valence-corrected chi connectivity index (χ3v) is 6.91. The molecule has 3 aromatic rings. The Morgan fingerprint density at radius 2 is 2.03 bits per heavy atom. The highest BCUT2D eigenvalue weighted by Crippen LogP contribution is 2.36. The van der Waals surface area contributed by atoms with Crippen LogP contribution < -0.4 is 15.4 Å². The van der Waals surface area contributed by atoms with Crippen molar-refractivity contribution in [3.8, 4) is 5.75 Å². The number of fused-ring (bicyclic) bond motifs is 4. The fourth-order valence-corrected chi connectivity index (χ4v) is 5.39. The summed E-state index contributed by atoms with van der Waals surface area (Å²) >= 11 is 6.45. The predicted octanol–water partition coefficient (Wildman–Crippen LogP) is 2.58. The van der Waals surface area contributed by atoms with Crippen LogP contribution in [0.15, 0.2) is 47.5 Å². The molecular formula is C25H23BClN5O2. The number of nitrogens with zero attached hydrogens (tertiary/aromatic N) is 5. The minimum atomic E-state index is -0.132. The van der Waals surface area contributed by atoms with Crippen molar-refractivity contribution in [1.82, 2.24) is 14.5 Å². The Labute approximate surface area is 204 Å². The molecule has 2 radical (unpaired) electrons. The lowest BCUT2D eigenvalue weighted by atomic mass is 10.1. The molecule has 34 heavy (non-hydrogen) atoms. The number of amides is 1. The van der Waals surface area contributed by atoms with E-state index in [1.807, 2.05) is 36.1 Å². The second-order valence-corrected chi connectivity index (χ2v) is 9.23. The van der Waals surface area contributed by atoms with Gasteiger partial charge in [0.05, 0.1) is 29.9 Å². The average molecular weight is 472 g/mol. The summed E-state index contributed by atoms with van der Waals surface area (Å²) in [5.74, 6) is 1.86. The van der Waals surface area contributed by atoms with E-state index in [9.17, 15) is 4.79 Å². The van der Waals surface area contributed by atoms with E-state index in [-0.39, 0.29) is 11.9 Å². The lowest BCUT2D eigenvalue weighted by Crippen LogP contribution is -2.50. The van der Waals surface area contributed by atoms with Crippen LogP contribution in [0.3, 0.4) is 0 Å². The summed E-state index contributed by atoms with van der Waals surface area (Å²) in [6.45, 7) is 4.15. The molecule has 9 heteroatoms. The van der Waals surface area contributed by atoms with Crippen LogP contribution >= 0.6 is 11.6 Å². The standard InChI is InChI=1S/C25H23BClN5O2/c1-2-30-23(33)20-22(32-14-18(28-25(30)32)11-15-6-4-3-5-7-15)29-24(26)31(20)13-16-10-17-8-9-34-21(17)19(27)12-16/h3-7,10,12,18H,2,8-9,11,13-14H2,1H3/t18-/m1/s1. The number of carbonyl (C=O) groups is 1. The number of hydrogen-bond donors (Lipinski definition) is 0. The molecule has 0 spiro atoms. The number of guanidine groups is 1. The Morgan fingerprint density at radius 3 is 2.82 bits per heavy atom. The summed E-state index contributed by atoms with van der Waals surface area (Å²) in [6.07, 6.45) is 1.62. The number of hydrogen-bond acceptors (Lipinski definition) is 5. The van der Waals surface area contributed by atoms with Gasteiger partial charge in [-0.2, -0.15) is 0 Å². The number of ether oxygens (including phenoxy) is 1. The van der Waals surface area contributed by atoms with Gasteiger partial charge >= 0.3 is 0 Å². The minimum absolute atomic E-state index is 0.0343. The molecule has 1 amide bonds. The van der Waals surface area contributed by atoms with E-state index in [4.69, 9.17) is 29.2 Å². The Bertz CT molecular complexity index is 1320. The van der Waals surface area contributed by atoms with Crippen molar-refractivity contribution in [3.63, 3.8) is 0 Å². The number of benzene rings is 2. The summed E-state index contributed by atoms with van der Waals surface area (Å²) in [5.41, 5.74) is 4.05. The zero-order chi connectivity index (χ0) is 23.4. The molecule has 1 aromatic heterocycles. The summed E-state index contributed by atoms with van der Waals surface area (Å²) in [4.78, 5) is 26.9. The first-order chi connectivity index (χ1) is 16.5. The van der Waals surface area contributed by atoms with Gasteiger partial charge in [-0.05, 0) is 36.1 Å². The number of imidazole rings is 1. The molecule has 170 valence electrons. The third kappa shape index (κ3) is 3.39. The van der Waals surface area contributed by atoms with E-state index in [1.165, 1.54) is 5.56 Å². The topological polar surface area (TPSA) is 63.0 Å². The van der Waals surface area contributed by atoms with Crippen LogP contribution in [0.2, 0.25) is 5.02 Å². The number of rotatable bonds is 5. The molecule has 0 saturated carbocycles. The number of aromatic nitrogens is 2. The fourth-order valence-electron chi connectivity index (χ4n) is 5.08. The summed E-state index contributed by atoms with van der Waals surface area (Å²) in [5, 5.41) is 0.580. The van der Waals surface area contributed by atoms with E-state index in [0.29, 0.717) is 54.5 Å². The normalized spacial score (nSPS) is 18.5. The number of carbonyl (C=O) groups excluding carboxylic acids is 1. The molecule has 0 aliphatic carbocycles. The molecule has 0 fully saturated rings. The lowest BCUT2D eigenvalue weighted by molar-refractivity contribution is 0.0836. The van der Waals surface area contributed by atoms with Crippen molar-refractivity contribution < 1.29 is 9.53 Å². The molecule has 3 aliphatic rings. The highest BCUT2D eigenvalue weighted by molar-refractivity contribution is 6.32. The van der Waals surface area contributed by atoms with Gasteiger partial charge in [0.2, 0.25) is 5.96 Å². The van der Waals surface area contributed by atoms with Gasteiger partial charge in [0, 0.05) is 19.5 Å². The monoisotopic (exact) mass is 471 g/mol. The molecule has 3 aliphatic heterocycles. The van der Waals surface area contributed by atoms with Crippen LogP contribution in [0.25, 0.3) is 0 Å². The Hall–Kier alpha value is -3.26. The quantitative estimate of drug-likeness (QED) is 0.537. The van der Waals surface area contributed by atoms with Crippen molar-refractivity contribution in [1.29, 1.82) is 0 Å². The average Bonchev–Trinajstić information content (AvgIpc) is 3.53.